The molecule has 0 spiro atoms. The van der Waals surface area contributed by atoms with E-state index in [1.807, 2.05) is 0 Å². The summed E-state index contributed by atoms with van der Waals surface area (Å²) >= 11 is 0. The van der Waals surface area contributed by atoms with Gasteiger partial charge in [-0.15, -0.1) is 0 Å². The average Bonchev–Trinajstić information content (AvgIpc) is 2.44. The molecule has 1 aliphatic heterocycles. The van der Waals surface area contributed by atoms with E-state index in [2.05, 4.69) is 23.5 Å². The van der Waals surface area contributed by atoms with E-state index >= 15 is 0 Å². The van der Waals surface area contributed by atoms with Crippen molar-refractivity contribution in [2.45, 2.75) is 25.8 Å². The Morgan fingerprint density at radius 3 is 3.14 bits per heavy atom. The molecular formula is C12H17NO. The molecule has 0 aliphatic carbocycles. The van der Waals surface area contributed by atoms with Gasteiger partial charge in [0.2, 0.25) is 0 Å². The van der Waals surface area contributed by atoms with Gasteiger partial charge in [-0.1, -0.05) is 18.2 Å². The number of hydrogen-bond acceptors (Lipinski definition) is 2. The van der Waals surface area contributed by atoms with Gasteiger partial charge in [0.15, 0.2) is 0 Å². The Hall–Kier alpha value is -0.860. The van der Waals surface area contributed by atoms with Crippen molar-refractivity contribution in [2.24, 2.45) is 0 Å². The fourth-order valence-corrected chi connectivity index (χ4v) is 2.14. The summed E-state index contributed by atoms with van der Waals surface area (Å²) < 4.78 is 0. The summed E-state index contributed by atoms with van der Waals surface area (Å²) in [4.78, 5) is 0. The first-order chi connectivity index (χ1) is 6.92. The van der Waals surface area contributed by atoms with Gasteiger partial charge in [0, 0.05) is 13.2 Å². The van der Waals surface area contributed by atoms with Gasteiger partial charge in [-0.05, 0) is 42.5 Å². The summed E-state index contributed by atoms with van der Waals surface area (Å²) in [6.45, 7) is 2.34. The molecule has 1 aromatic carbocycles. The zero-order valence-electron chi connectivity index (χ0n) is 8.42. The van der Waals surface area contributed by atoms with E-state index in [4.69, 9.17) is 5.11 Å². The minimum atomic E-state index is 0.254. The second-order valence-corrected chi connectivity index (χ2v) is 3.81. The first-order valence-corrected chi connectivity index (χ1v) is 5.33. The van der Waals surface area contributed by atoms with Crippen molar-refractivity contribution in [2.75, 3.05) is 13.2 Å². The number of benzene rings is 1. The molecule has 0 unspecified atom stereocenters. The monoisotopic (exact) mass is 191 g/mol. The largest absolute Gasteiger partial charge is 0.396 e. The zero-order valence-corrected chi connectivity index (χ0v) is 8.42. The molecule has 1 heterocycles. The van der Waals surface area contributed by atoms with Crippen LogP contribution in [0.1, 0.15) is 23.1 Å². The molecule has 0 radical (unpaired) electrons. The normalized spacial score (nSPS) is 16.1. The summed E-state index contributed by atoms with van der Waals surface area (Å²) in [5.41, 5.74) is 4.20. The fourth-order valence-electron chi connectivity index (χ4n) is 2.14. The van der Waals surface area contributed by atoms with Crippen LogP contribution in [0.3, 0.4) is 0 Å². The van der Waals surface area contributed by atoms with Gasteiger partial charge in [0.1, 0.15) is 0 Å². The molecule has 0 saturated carbocycles. The van der Waals surface area contributed by atoms with E-state index in [-0.39, 0.29) is 6.61 Å². The number of hydrogen-bond donors (Lipinski definition) is 2. The highest BCUT2D eigenvalue weighted by Gasteiger charge is 2.10. The minimum Gasteiger partial charge on any atom is -0.396 e. The highest BCUT2D eigenvalue weighted by atomic mass is 16.2. The highest BCUT2D eigenvalue weighted by molar-refractivity contribution is 5.36. The minimum absolute atomic E-state index is 0.254. The molecule has 1 aliphatic rings. The van der Waals surface area contributed by atoms with Crippen molar-refractivity contribution in [3.8, 4) is 0 Å². The van der Waals surface area contributed by atoms with Crippen LogP contribution in [-0.4, -0.2) is 18.3 Å². The summed E-state index contributed by atoms with van der Waals surface area (Å²) in [6, 6.07) is 6.42. The molecule has 0 fully saturated rings. The molecule has 2 heteroatoms. The Morgan fingerprint density at radius 2 is 2.29 bits per heavy atom. The molecule has 2 rings (SSSR count). The van der Waals surface area contributed by atoms with Crippen molar-refractivity contribution in [3.05, 3.63) is 34.9 Å². The van der Waals surface area contributed by atoms with Gasteiger partial charge in [-0.3, -0.25) is 0 Å². The van der Waals surface area contributed by atoms with Gasteiger partial charge < -0.3 is 10.4 Å². The first kappa shape index (κ1) is 9.69. The predicted molar refractivity (Wildman–Crippen MR) is 57.3 cm³/mol. The van der Waals surface area contributed by atoms with Crippen LogP contribution in [0, 0.1) is 0 Å². The second kappa shape index (κ2) is 4.58. The lowest BCUT2D eigenvalue weighted by Crippen LogP contribution is -2.12. The summed E-state index contributed by atoms with van der Waals surface area (Å²) in [6.07, 6.45) is 3.15. The molecule has 0 aromatic heterocycles. The Kier molecular flexibility index (Phi) is 3.17. The maximum Gasteiger partial charge on any atom is 0.0471 e. The third-order valence-electron chi connectivity index (χ3n) is 2.85. The van der Waals surface area contributed by atoms with E-state index < -0.39 is 0 Å². The van der Waals surface area contributed by atoms with Crippen molar-refractivity contribution >= 4 is 0 Å². The molecule has 2 nitrogen and oxygen atoms in total. The average molecular weight is 191 g/mol. The Labute approximate surface area is 85.0 Å². The zero-order chi connectivity index (χ0) is 9.80. The van der Waals surface area contributed by atoms with Gasteiger partial charge >= 0.3 is 0 Å². The summed E-state index contributed by atoms with van der Waals surface area (Å²) in [5, 5.41) is 12.4. The Balaban J connectivity index is 2.32. The van der Waals surface area contributed by atoms with Crippen LogP contribution in [0.5, 0.6) is 0 Å². The van der Waals surface area contributed by atoms with E-state index in [9.17, 15) is 0 Å². The van der Waals surface area contributed by atoms with E-state index in [0.29, 0.717) is 0 Å². The third-order valence-corrected chi connectivity index (χ3v) is 2.85. The van der Waals surface area contributed by atoms with E-state index in [1.54, 1.807) is 0 Å². The van der Waals surface area contributed by atoms with Crippen LogP contribution < -0.4 is 5.32 Å². The number of nitrogens with one attached hydrogen (secondary N) is 1. The van der Waals surface area contributed by atoms with Crippen molar-refractivity contribution in [1.82, 2.24) is 5.32 Å². The first-order valence-electron chi connectivity index (χ1n) is 5.33. The molecule has 2 N–H and O–H groups in total. The quantitative estimate of drug-likeness (QED) is 0.737. The van der Waals surface area contributed by atoms with E-state index in [1.165, 1.54) is 23.1 Å². The lowest BCUT2D eigenvalue weighted by Gasteiger charge is -2.10. The number of fused-ring (bicyclic) bond motifs is 1. The lowest BCUT2D eigenvalue weighted by atomic mass is 9.96. The van der Waals surface area contributed by atoms with Crippen molar-refractivity contribution < 1.29 is 5.11 Å². The smallest absolute Gasteiger partial charge is 0.0471 e. The van der Waals surface area contributed by atoms with Crippen LogP contribution in [-0.2, 0) is 19.4 Å². The van der Waals surface area contributed by atoms with Crippen LogP contribution in [0.25, 0.3) is 0 Å². The number of aliphatic hydroxyl groups is 1. The summed E-state index contributed by atoms with van der Waals surface area (Å²) in [7, 11) is 0. The maximum absolute atomic E-state index is 8.98. The van der Waals surface area contributed by atoms with Gasteiger partial charge in [0.05, 0.1) is 0 Å². The number of aliphatic hydroxyl groups excluding tert-OH is 1. The Bertz CT molecular complexity index is 309. The van der Waals surface area contributed by atoms with E-state index in [0.717, 1.165) is 25.9 Å². The van der Waals surface area contributed by atoms with Crippen molar-refractivity contribution in [3.63, 3.8) is 0 Å². The van der Waals surface area contributed by atoms with Gasteiger partial charge in [0.25, 0.3) is 0 Å². The standard InChI is InChI=1S/C12H17NO/c14-8-6-10-3-1-4-11-9-13-7-2-5-12(10)11/h1,3-4,13-14H,2,5-9H2. The Morgan fingerprint density at radius 1 is 1.36 bits per heavy atom. The topological polar surface area (TPSA) is 32.3 Å². The van der Waals surface area contributed by atoms with Crippen LogP contribution >= 0.6 is 0 Å². The van der Waals surface area contributed by atoms with Crippen LogP contribution in [0.4, 0.5) is 0 Å². The van der Waals surface area contributed by atoms with Gasteiger partial charge in [-0.2, -0.15) is 0 Å². The number of rotatable bonds is 2. The van der Waals surface area contributed by atoms with Crippen LogP contribution in [0.15, 0.2) is 18.2 Å². The fraction of sp³-hybridized carbons (Fsp3) is 0.500. The molecule has 0 bridgehead atoms. The second-order valence-electron chi connectivity index (χ2n) is 3.81. The molecule has 76 valence electrons. The maximum atomic E-state index is 8.98. The molecule has 0 amide bonds. The molecule has 0 saturated heterocycles. The summed E-state index contributed by atoms with van der Waals surface area (Å²) in [5.74, 6) is 0. The highest BCUT2D eigenvalue weighted by Crippen LogP contribution is 2.19. The lowest BCUT2D eigenvalue weighted by molar-refractivity contribution is 0.299. The van der Waals surface area contributed by atoms with Gasteiger partial charge in [-0.25, -0.2) is 0 Å². The van der Waals surface area contributed by atoms with Crippen molar-refractivity contribution in [1.29, 1.82) is 0 Å². The molecule has 14 heavy (non-hydrogen) atoms. The molecular weight excluding hydrogens is 174 g/mol. The SMILES string of the molecule is OCCc1cccc2c1CCCNC2. The molecule has 0 atom stereocenters. The molecule has 1 aromatic rings. The van der Waals surface area contributed by atoms with Crippen LogP contribution in [0.2, 0.25) is 0 Å². The third kappa shape index (κ3) is 1.97. The predicted octanol–water partition coefficient (Wildman–Crippen LogP) is 1.26.